The SMILES string of the molecule is Cc1ccc(S(=O)(=O)Nc2cccc3c2O[C@@H](CN(C)C(=O)Nc2ccccc2)[C@H](C)CN([C@H](C)CO)C3=O)cc1. The first-order valence-corrected chi connectivity index (χ1v) is 14.9. The van der Waals surface area contributed by atoms with Gasteiger partial charge >= 0.3 is 6.03 Å². The second-order valence-corrected chi connectivity index (χ2v) is 12.1. The van der Waals surface area contributed by atoms with Gasteiger partial charge in [-0.15, -0.1) is 0 Å². The third-order valence-corrected chi connectivity index (χ3v) is 8.47. The maximum absolute atomic E-state index is 13.7. The number of ether oxygens (including phenoxy) is 1. The van der Waals surface area contributed by atoms with Crippen LogP contribution in [0.15, 0.2) is 77.7 Å². The van der Waals surface area contributed by atoms with Crippen molar-refractivity contribution in [3.8, 4) is 5.75 Å². The summed E-state index contributed by atoms with van der Waals surface area (Å²) in [7, 11) is -2.37. The molecule has 11 heteroatoms. The molecule has 1 heterocycles. The number of aryl methyl sites for hydroxylation is 1. The molecule has 10 nitrogen and oxygen atoms in total. The standard InChI is InChI=1S/C30H36N4O6S/c1-20-13-15-24(16-14-20)41(38,39)32-26-12-8-11-25-28(26)40-27(21(2)17-34(29(25)36)22(3)19-35)18-33(4)30(37)31-23-9-6-5-7-10-23/h5-16,21-22,27,32,35H,17-19H2,1-4H3,(H,31,37)/t21-,22-,27+/m1/s1. The summed E-state index contributed by atoms with van der Waals surface area (Å²) in [5.74, 6) is -0.606. The zero-order valence-corrected chi connectivity index (χ0v) is 24.4. The Labute approximate surface area is 241 Å². The summed E-state index contributed by atoms with van der Waals surface area (Å²) < 4.78 is 35.6. The van der Waals surface area contributed by atoms with Crippen LogP contribution in [0, 0.1) is 12.8 Å². The first-order chi connectivity index (χ1) is 19.5. The fraction of sp³-hybridized carbons (Fsp3) is 0.333. The number of urea groups is 1. The minimum absolute atomic E-state index is 0.0654. The molecule has 3 N–H and O–H groups in total. The van der Waals surface area contributed by atoms with Crippen LogP contribution < -0.4 is 14.8 Å². The smallest absolute Gasteiger partial charge is 0.321 e. The minimum atomic E-state index is -4.01. The summed E-state index contributed by atoms with van der Waals surface area (Å²) in [5, 5.41) is 12.7. The average Bonchev–Trinajstić information content (AvgIpc) is 2.95. The maximum atomic E-state index is 13.7. The van der Waals surface area contributed by atoms with E-state index in [0.29, 0.717) is 5.69 Å². The number of aliphatic hydroxyl groups is 1. The normalized spacial score (nSPS) is 17.9. The lowest BCUT2D eigenvalue weighted by Gasteiger charge is -2.38. The number of carbonyl (C=O) groups excluding carboxylic acids is 2. The number of aliphatic hydroxyl groups excluding tert-OH is 1. The van der Waals surface area contributed by atoms with E-state index in [1.54, 1.807) is 55.3 Å². The minimum Gasteiger partial charge on any atom is -0.485 e. The van der Waals surface area contributed by atoms with Gasteiger partial charge in [0.1, 0.15) is 6.10 Å². The van der Waals surface area contributed by atoms with Crippen molar-refractivity contribution in [3.63, 3.8) is 0 Å². The van der Waals surface area contributed by atoms with E-state index in [1.165, 1.54) is 23.1 Å². The molecule has 41 heavy (non-hydrogen) atoms. The number of nitrogens with one attached hydrogen (secondary N) is 2. The molecule has 0 aliphatic carbocycles. The topological polar surface area (TPSA) is 128 Å². The lowest BCUT2D eigenvalue weighted by atomic mass is 9.99. The van der Waals surface area contributed by atoms with Gasteiger partial charge in [0.15, 0.2) is 5.75 Å². The third kappa shape index (κ3) is 6.98. The molecule has 0 bridgehead atoms. The molecule has 3 aromatic rings. The molecular formula is C30H36N4O6S. The summed E-state index contributed by atoms with van der Waals surface area (Å²) in [6, 6.07) is 19.3. The van der Waals surface area contributed by atoms with Gasteiger partial charge in [0.25, 0.3) is 15.9 Å². The number of fused-ring (bicyclic) bond motifs is 1. The Morgan fingerprint density at radius 1 is 1.10 bits per heavy atom. The van der Waals surface area contributed by atoms with Gasteiger partial charge in [-0.2, -0.15) is 0 Å². The van der Waals surface area contributed by atoms with Gasteiger partial charge in [0, 0.05) is 25.2 Å². The van der Waals surface area contributed by atoms with Gasteiger partial charge in [-0.25, -0.2) is 13.2 Å². The first-order valence-electron chi connectivity index (χ1n) is 13.4. The van der Waals surface area contributed by atoms with Crippen LogP contribution >= 0.6 is 0 Å². The highest BCUT2D eigenvalue weighted by Gasteiger charge is 2.35. The van der Waals surface area contributed by atoms with Crippen LogP contribution in [-0.4, -0.2) is 74.2 Å². The summed E-state index contributed by atoms with van der Waals surface area (Å²) in [6.07, 6.45) is -0.619. The Morgan fingerprint density at radius 3 is 2.44 bits per heavy atom. The van der Waals surface area contributed by atoms with E-state index in [9.17, 15) is 23.1 Å². The number of carbonyl (C=O) groups is 2. The fourth-order valence-electron chi connectivity index (χ4n) is 4.56. The molecule has 3 atom stereocenters. The molecule has 1 aliphatic rings. The molecule has 0 radical (unpaired) electrons. The number of nitrogens with zero attached hydrogens (tertiary/aromatic N) is 2. The van der Waals surface area contributed by atoms with Crippen LogP contribution in [0.5, 0.6) is 5.75 Å². The monoisotopic (exact) mass is 580 g/mol. The van der Waals surface area contributed by atoms with Crippen LogP contribution in [0.4, 0.5) is 16.2 Å². The maximum Gasteiger partial charge on any atom is 0.321 e. The quantitative estimate of drug-likeness (QED) is 0.367. The van der Waals surface area contributed by atoms with Crippen molar-refractivity contribution in [2.75, 3.05) is 36.8 Å². The third-order valence-electron chi connectivity index (χ3n) is 7.09. The van der Waals surface area contributed by atoms with Gasteiger partial charge in [-0.1, -0.05) is 48.9 Å². The van der Waals surface area contributed by atoms with Gasteiger partial charge in [-0.05, 0) is 50.2 Å². The van der Waals surface area contributed by atoms with E-state index in [4.69, 9.17) is 4.74 Å². The largest absolute Gasteiger partial charge is 0.485 e. The van der Waals surface area contributed by atoms with Gasteiger partial charge in [-0.3, -0.25) is 9.52 Å². The number of para-hydroxylation sites is 2. The van der Waals surface area contributed by atoms with Crippen molar-refractivity contribution < 1.29 is 27.9 Å². The van der Waals surface area contributed by atoms with E-state index < -0.39 is 28.1 Å². The number of hydrogen-bond donors (Lipinski definition) is 3. The molecular weight excluding hydrogens is 544 g/mol. The summed E-state index contributed by atoms with van der Waals surface area (Å²) in [6.45, 7) is 5.65. The Hall–Kier alpha value is -4.09. The predicted molar refractivity (Wildman–Crippen MR) is 158 cm³/mol. The fourth-order valence-corrected chi connectivity index (χ4v) is 5.62. The Morgan fingerprint density at radius 2 is 1.78 bits per heavy atom. The lowest BCUT2D eigenvalue weighted by molar-refractivity contribution is 0.0373. The van der Waals surface area contributed by atoms with Crippen LogP contribution in [-0.2, 0) is 10.0 Å². The lowest BCUT2D eigenvalue weighted by Crippen LogP contribution is -2.50. The number of rotatable bonds is 8. The van der Waals surface area contributed by atoms with E-state index in [1.807, 2.05) is 32.0 Å². The highest BCUT2D eigenvalue weighted by atomic mass is 32.2. The van der Waals surface area contributed by atoms with Crippen molar-refractivity contribution in [2.45, 2.75) is 37.8 Å². The van der Waals surface area contributed by atoms with E-state index in [2.05, 4.69) is 10.0 Å². The van der Waals surface area contributed by atoms with E-state index >= 15 is 0 Å². The molecule has 0 saturated carbocycles. The van der Waals surface area contributed by atoms with E-state index in [0.717, 1.165) is 5.56 Å². The highest BCUT2D eigenvalue weighted by Crippen LogP contribution is 2.36. The van der Waals surface area contributed by atoms with Crippen molar-refractivity contribution in [1.29, 1.82) is 0 Å². The Balaban J connectivity index is 1.69. The molecule has 218 valence electrons. The average molecular weight is 581 g/mol. The van der Waals surface area contributed by atoms with E-state index in [-0.39, 0.29) is 53.5 Å². The summed E-state index contributed by atoms with van der Waals surface area (Å²) in [4.78, 5) is 29.8. The van der Waals surface area contributed by atoms with Crippen molar-refractivity contribution in [3.05, 3.63) is 83.9 Å². The Kier molecular flexibility index (Phi) is 9.19. The van der Waals surface area contributed by atoms with Crippen molar-refractivity contribution >= 4 is 33.3 Å². The van der Waals surface area contributed by atoms with Gasteiger partial charge in [0.2, 0.25) is 0 Å². The van der Waals surface area contributed by atoms with Crippen molar-refractivity contribution in [2.24, 2.45) is 5.92 Å². The zero-order chi connectivity index (χ0) is 29.7. The van der Waals surface area contributed by atoms with Gasteiger partial charge < -0.3 is 25.0 Å². The molecule has 0 unspecified atom stereocenters. The van der Waals surface area contributed by atoms with Crippen LogP contribution in [0.25, 0.3) is 0 Å². The molecule has 4 rings (SSSR count). The Bertz CT molecular complexity index is 1480. The molecule has 0 fully saturated rings. The zero-order valence-electron chi connectivity index (χ0n) is 23.6. The molecule has 3 aromatic carbocycles. The second kappa shape index (κ2) is 12.6. The molecule has 1 aliphatic heterocycles. The van der Waals surface area contributed by atoms with Crippen LogP contribution in [0.2, 0.25) is 0 Å². The molecule has 0 aromatic heterocycles. The molecule has 3 amide bonds. The second-order valence-electron chi connectivity index (χ2n) is 10.4. The molecule has 0 saturated heterocycles. The summed E-state index contributed by atoms with van der Waals surface area (Å²) >= 11 is 0. The molecule has 0 spiro atoms. The predicted octanol–water partition coefficient (Wildman–Crippen LogP) is 4.18. The van der Waals surface area contributed by atoms with Gasteiger partial charge in [0.05, 0.1) is 35.3 Å². The first kappa shape index (κ1) is 29.9. The highest BCUT2D eigenvalue weighted by molar-refractivity contribution is 7.92. The number of amides is 3. The van der Waals surface area contributed by atoms with Crippen LogP contribution in [0.1, 0.15) is 29.8 Å². The number of sulfonamides is 1. The number of hydrogen-bond acceptors (Lipinski definition) is 6. The number of anilines is 2. The van der Waals surface area contributed by atoms with Crippen molar-refractivity contribution in [1.82, 2.24) is 9.80 Å². The summed E-state index contributed by atoms with van der Waals surface area (Å²) in [5.41, 5.74) is 1.81. The van der Waals surface area contributed by atoms with Crippen LogP contribution in [0.3, 0.4) is 0 Å². The number of likely N-dealkylation sites (N-methyl/N-ethyl adjacent to an activating group) is 1. The number of benzene rings is 3.